The Kier molecular flexibility index (Phi) is 10.2. The molecule has 8 heteroatoms. The van der Waals surface area contributed by atoms with E-state index in [1.807, 2.05) is 52.0 Å². The topological polar surface area (TPSA) is 49.4 Å². The minimum Gasteiger partial charge on any atom is -0.350 e. The molecule has 0 saturated heterocycles. The molecule has 2 aromatic carbocycles. The van der Waals surface area contributed by atoms with Crippen LogP contribution in [0, 0.1) is 0 Å². The fourth-order valence-corrected chi connectivity index (χ4v) is 4.64. The van der Waals surface area contributed by atoms with Gasteiger partial charge in [-0.15, -0.1) is 11.8 Å². The second kappa shape index (κ2) is 12.2. The molecule has 174 valence electrons. The molecule has 0 spiro atoms. The highest BCUT2D eigenvalue weighted by atomic mass is 35.5. The molecule has 0 aliphatic heterocycles. The number of carbonyl (C=O) groups is 2. The summed E-state index contributed by atoms with van der Waals surface area (Å²) < 4.78 is 0. The van der Waals surface area contributed by atoms with Crippen molar-refractivity contribution in [2.75, 3.05) is 5.75 Å². The van der Waals surface area contributed by atoms with E-state index in [1.165, 1.54) is 0 Å². The van der Waals surface area contributed by atoms with Gasteiger partial charge in [0.25, 0.3) is 0 Å². The third kappa shape index (κ3) is 8.18. The molecule has 0 radical (unpaired) electrons. The predicted molar refractivity (Wildman–Crippen MR) is 136 cm³/mol. The van der Waals surface area contributed by atoms with E-state index in [0.29, 0.717) is 32.8 Å². The molecule has 0 unspecified atom stereocenters. The molecule has 2 amide bonds. The highest BCUT2D eigenvalue weighted by Gasteiger charge is 2.31. The van der Waals surface area contributed by atoms with Crippen molar-refractivity contribution in [3.8, 4) is 0 Å². The molecular formula is C24H29Cl3N2O2S. The molecule has 1 N–H and O–H groups in total. The van der Waals surface area contributed by atoms with Crippen LogP contribution in [0.5, 0.6) is 0 Å². The Morgan fingerprint density at radius 2 is 1.62 bits per heavy atom. The zero-order valence-corrected chi connectivity index (χ0v) is 21.8. The van der Waals surface area contributed by atoms with Crippen molar-refractivity contribution in [2.45, 2.75) is 63.6 Å². The van der Waals surface area contributed by atoms with Crippen LogP contribution < -0.4 is 5.32 Å². The first kappa shape index (κ1) is 26.8. The van der Waals surface area contributed by atoms with E-state index in [0.717, 1.165) is 4.90 Å². The van der Waals surface area contributed by atoms with E-state index in [4.69, 9.17) is 34.8 Å². The van der Waals surface area contributed by atoms with E-state index in [1.54, 1.807) is 34.9 Å². The Morgan fingerprint density at radius 1 is 1.03 bits per heavy atom. The summed E-state index contributed by atoms with van der Waals surface area (Å²) in [5, 5.41) is 4.60. The number of nitrogens with one attached hydrogen (secondary N) is 1. The van der Waals surface area contributed by atoms with E-state index in [9.17, 15) is 9.59 Å². The largest absolute Gasteiger partial charge is 0.350 e. The van der Waals surface area contributed by atoms with Gasteiger partial charge in [-0.2, -0.15) is 0 Å². The van der Waals surface area contributed by atoms with Gasteiger partial charge in [-0.25, -0.2) is 0 Å². The van der Waals surface area contributed by atoms with Crippen LogP contribution in [0.15, 0.2) is 47.4 Å². The lowest BCUT2D eigenvalue weighted by Crippen LogP contribution is -2.53. The van der Waals surface area contributed by atoms with Gasteiger partial charge in [-0.05, 0) is 63.6 Å². The summed E-state index contributed by atoms with van der Waals surface area (Å²) in [6.45, 7) is 7.80. The first-order valence-corrected chi connectivity index (χ1v) is 12.6. The monoisotopic (exact) mass is 514 g/mol. The van der Waals surface area contributed by atoms with Crippen molar-refractivity contribution in [1.82, 2.24) is 10.2 Å². The quantitative estimate of drug-likeness (QED) is 0.371. The van der Waals surface area contributed by atoms with Gasteiger partial charge in [0.2, 0.25) is 11.8 Å². The van der Waals surface area contributed by atoms with Crippen molar-refractivity contribution in [3.05, 3.63) is 63.1 Å². The lowest BCUT2D eigenvalue weighted by molar-refractivity contribution is -0.141. The molecule has 0 heterocycles. The Labute approximate surface area is 210 Å². The molecule has 0 bridgehead atoms. The molecule has 2 rings (SSSR count). The number of carbonyl (C=O) groups excluding carboxylic acids is 2. The molecule has 0 aliphatic carbocycles. The Balaban J connectivity index is 2.22. The Hall–Kier alpha value is -1.40. The molecule has 0 fully saturated rings. The van der Waals surface area contributed by atoms with Crippen LogP contribution in [0.1, 0.15) is 46.1 Å². The molecule has 4 nitrogen and oxygen atoms in total. The molecule has 2 aromatic rings. The Bertz CT molecular complexity index is 910. The normalized spacial score (nSPS) is 12.3. The summed E-state index contributed by atoms with van der Waals surface area (Å²) in [4.78, 5) is 29.0. The predicted octanol–water partition coefficient (Wildman–Crippen LogP) is 6.85. The maximum absolute atomic E-state index is 13.3. The number of rotatable bonds is 9. The lowest BCUT2D eigenvalue weighted by Gasteiger charge is -2.33. The minimum absolute atomic E-state index is 0.127. The highest BCUT2D eigenvalue weighted by Crippen LogP contribution is 2.28. The maximum Gasteiger partial charge on any atom is 0.243 e. The van der Waals surface area contributed by atoms with E-state index in [2.05, 4.69) is 5.32 Å². The van der Waals surface area contributed by atoms with Crippen molar-refractivity contribution in [3.63, 3.8) is 0 Å². The summed E-state index contributed by atoms with van der Waals surface area (Å²) in [6, 6.07) is 12.1. The van der Waals surface area contributed by atoms with Crippen LogP contribution in [0.25, 0.3) is 0 Å². The zero-order chi connectivity index (χ0) is 23.9. The van der Waals surface area contributed by atoms with Gasteiger partial charge in [0, 0.05) is 49.8 Å². The van der Waals surface area contributed by atoms with Crippen molar-refractivity contribution in [2.24, 2.45) is 0 Å². The van der Waals surface area contributed by atoms with Crippen molar-refractivity contribution < 1.29 is 9.59 Å². The van der Waals surface area contributed by atoms with Gasteiger partial charge in [-0.3, -0.25) is 9.59 Å². The second-order valence-corrected chi connectivity index (χ2v) is 10.9. The van der Waals surface area contributed by atoms with Gasteiger partial charge in [0.15, 0.2) is 0 Å². The number of halogens is 3. The highest BCUT2D eigenvalue weighted by molar-refractivity contribution is 7.99. The number of amides is 2. The van der Waals surface area contributed by atoms with Crippen LogP contribution in [0.4, 0.5) is 0 Å². The third-order valence-electron chi connectivity index (χ3n) is 4.67. The van der Waals surface area contributed by atoms with Crippen LogP contribution in [0.2, 0.25) is 15.1 Å². The van der Waals surface area contributed by atoms with Gasteiger partial charge < -0.3 is 10.2 Å². The summed E-state index contributed by atoms with van der Waals surface area (Å²) in [5.74, 6) is 0.255. The van der Waals surface area contributed by atoms with Crippen molar-refractivity contribution >= 4 is 58.4 Å². The SMILES string of the molecule is CC[C@@H](C(=O)NC(C)(C)C)N(Cc1c(Cl)cccc1Cl)C(=O)CCSc1ccc(Cl)cc1. The molecule has 1 atom stereocenters. The summed E-state index contributed by atoms with van der Waals surface area (Å²) >= 11 is 20.2. The fraction of sp³-hybridized carbons (Fsp3) is 0.417. The third-order valence-corrected chi connectivity index (χ3v) is 6.65. The number of benzene rings is 2. The zero-order valence-electron chi connectivity index (χ0n) is 18.8. The van der Waals surface area contributed by atoms with Crippen molar-refractivity contribution in [1.29, 1.82) is 0 Å². The summed E-state index contributed by atoms with van der Waals surface area (Å²) in [6.07, 6.45) is 0.745. The first-order valence-electron chi connectivity index (χ1n) is 10.4. The average molecular weight is 516 g/mol. The second-order valence-electron chi connectivity index (χ2n) is 8.44. The van der Waals surface area contributed by atoms with Crippen LogP contribution in [0.3, 0.4) is 0 Å². The molecule has 0 saturated carbocycles. The van der Waals surface area contributed by atoms with E-state index >= 15 is 0 Å². The van der Waals surface area contributed by atoms with Gasteiger partial charge in [0.1, 0.15) is 6.04 Å². The van der Waals surface area contributed by atoms with E-state index in [-0.39, 0.29) is 24.8 Å². The smallest absolute Gasteiger partial charge is 0.243 e. The number of hydrogen-bond acceptors (Lipinski definition) is 3. The van der Waals surface area contributed by atoms with E-state index < -0.39 is 11.6 Å². The number of thioether (sulfide) groups is 1. The molecule has 32 heavy (non-hydrogen) atoms. The van der Waals surface area contributed by atoms with Crippen LogP contribution in [-0.4, -0.2) is 34.0 Å². The standard InChI is InChI=1S/C24H29Cl3N2O2S/c1-5-21(23(31)28-24(2,3)4)29(15-18-19(26)7-6-8-20(18)27)22(30)13-14-32-17-11-9-16(25)10-12-17/h6-12,21H,5,13-15H2,1-4H3,(H,28,31)/t21-/m0/s1. The fourth-order valence-electron chi connectivity index (χ4n) is 3.16. The first-order chi connectivity index (χ1) is 15.0. The van der Waals surface area contributed by atoms with Gasteiger partial charge in [0.05, 0.1) is 0 Å². The van der Waals surface area contributed by atoms with Gasteiger partial charge in [-0.1, -0.05) is 47.8 Å². The Morgan fingerprint density at radius 3 is 2.16 bits per heavy atom. The molecule has 0 aliphatic rings. The lowest BCUT2D eigenvalue weighted by atomic mass is 10.1. The van der Waals surface area contributed by atoms with Crippen LogP contribution >= 0.6 is 46.6 Å². The average Bonchev–Trinajstić information content (AvgIpc) is 2.70. The minimum atomic E-state index is -0.630. The maximum atomic E-state index is 13.3. The number of hydrogen-bond donors (Lipinski definition) is 1. The summed E-state index contributed by atoms with van der Waals surface area (Å²) in [5.41, 5.74) is 0.225. The van der Waals surface area contributed by atoms with Gasteiger partial charge >= 0.3 is 0 Å². The molecular weight excluding hydrogens is 487 g/mol. The van der Waals surface area contributed by atoms with Crippen LogP contribution in [-0.2, 0) is 16.1 Å². The number of nitrogens with zero attached hydrogens (tertiary/aromatic N) is 1. The summed E-state index contributed by atoms with van der Waals surface area (Å²) in [7, 11) is 0. The molecule has 0 aromatic heterocycles.